The Labute approximate surface area is 89.8 Å². The minimum Gasteiger partial charge on any atom is -0.385 e. The number of aryl methyl sites for hydroxylation is 1. The summed E-state index contributed by atoms with van der Waals surface area (Å²) in [6.07, 6.45) is 4.39. The fraction of sp³-hybridized carbons (Fsp3) is 0.667. The third-order valence-electron chi connectivity index (χ3n) is 3.51. The molecule has 2 rings (SSSR count). The van der Waals surface area contributed by atoms with E-state index in [1.807, 2.05) is 0 Å². The van der Waals surface area contributed by atoms with Crippen LogP contribution in [0.2, 0.25) is 0 Å². The molecule has 1 aliphatic rings. The lowest BCUT2D eigenvalue weighted by Crippen LogP contribution is -2.29. The average Bonchev–Trinajstić information content (AvgIpc) is 2.72. The second-order valence-corrected chi connectivity index (χ2v) is 5.48. The Bertz CT molecular complexity index is 318. The summed E-state index contributed by atoms with van der Waals surface area (Å²) in [7, 11) is 0. The van der Waals surface area contributed by atoms with Crippen LogP contribution in [0.4, 0.5) is 0 Å². The van der Waals surface area contributed by atoms with Crippen LogP contribution in [-0.4, -0.2) is 5.11 Å². The highest BCUT2D eigenvalue weighted by molar-refractivity contribution is 7.10. The van der Waals surface area contributed by atoms with Gasteiger partial charge in [-0.2, -0.15) is 0 Å². The van der Waals surface area contributed by atoms with Crippen LogP contribution < -0.4 is 0 Å². The van der Waals surface area contributed by atoms with E-state index in [0.29, 0.717) is 5.92 Å². The molecular formula is C12H18OS. The monoisotopic (exact) mass is 210 g/mol. The normalized spacial score (nSPS) is 32.4. The number of hydrogen-bond donors (Lipinski definition) is 1. The molecule has 0 aliphatic heterocycles. The van der Waals surface area contributed by atoms with E-state index in [0.717, 1.165) is 18.4 Å². The quantitative estimate of drug-likeness (QED) is 0.792. The molecule has 2 heteroatoms. The summed E-state index contributed by atoms with van der Waals surface area (Å²) < 4.78 is 0. The first-order valence-electron chi connectivity index (χ1n) is 5.45. The molecule has 1 fully saturated rings. The van der Waals surface area contributed by atoms with Crippen LogP contribution in [0.25, 0.3) is 0 Å². The highest BCUT2D eigenvalue weighted by Crippen LogP contribution is 2.46. The first-order valence-corrected chi connectivity index (χ1v) is 6.32. The first kappa shape index (κ1) is 10.2. The van der Waals surface area contributed by atoms with Crippen molar-refractivity contribution in [1.29, 1.82) is 0 Å². The van der Waals surface area contributed by atoms with Crippen LogP contribution in [-0.2, 0) is 5.60 Å². The van der Waals surface area contributed by atoms with Gasteiger partial charge in [0.05, 0.1) is 5.60 Å². The molecule has 0 spiro atoms. The van der Waals surface area contributed by atoms with Crippen LogP contribution >= 0.6 is 11.3 Å². The lowest BCUT2D eigenvalue weighted by molar-refractivity contribution is -0.00350. The summed E-state index contributed by atoms with van der Waals surface area (Å²) in [5.41, 5.74) is 0.642. The zero-order valence-electron chi connectivity index (χ0n) is 8.92. The van der Waals surface area contributed by atoms with Crippen molar-refractivity contribution in [2.75, 3.05) is 0 Å². The fourth-order valence-electron chi connectivity index (χ4n) is 2.65. The molecule has 0 saturated heterocycles. The van der Waals surface area contributed by atoms with Crippen LogP contribution in [0.3, 0.4) is 0 Å². The Morgan fingerprint density at radius 2 is 2.43 bits per heavy atom. The Hall–Kier alpha value is -0.340. The molecule has 78 valence electrons. The zero-order chi connectivity index (χ0) is 10.2. The van der Waals surface area contributed by atoms with E-state index in [9.17, 15) is 5.11 Å². The Kier molecular flexibility index (Phi) is 2.67. The van der Waals surface area contributed by atoms with E-state index in [1.165, 1.54) is 17.7 Å². The third-order valence-corrected chi connectivity index (χ3v) is 4.37. The number of rotatable bonds is 2. The molecule has 0 bridgehead atoms. The molecule has 1 aromatic heterocycles. The molecule has 1 aromatic rings. The second kappa shape index (κ2) is 3.67. The van der Waals surface area contributed by atoms with Gasteiger partial charge in [-0.3, -0.25) is 0 Å². The van der Waals surface area contributed by atoms with E-state index >= 15 is 0 Å². The number of hydrogen-bond acceptors (Lipinski definition) is 2. The van der Waals surface area contributed by atoms with Gasteiger partial charge in [0.1, 0.15) is 0 Å². The van der Waals surface area contributed by atoms with Crippen LogP contribution in [0, 0.1) is 12.8 Å². The van der Waals surface area contributed by atoms with Gasteiger partial charge in [0.15, 0.2) is 0 Å². The lowest BCUT2D eigenvalue weighted by atomic mass is 9.84. The van der Waals surface area contributed by atoms with Crippen LogP contribution in [0.1, 0.15) is 43.0 Å². The van der Waals surface area contributed by atoms with Crippen molar-refractivity contribution in [2.45, 2.75) is 45.1 Å². The predicted octanol–water partition coefficient (Wildman–Crippen LogP) is 3.45. The van der Waals surface area contributed by atoms with Gasteiger partial charge in [-0.15, -0.1) is 11.3 Å². The topological polar surface area (TPSA) is 20.2 Å². The summed E-state index contributed by atoms with van der Waals surface area (Å²) in [6.45, 7) is 4.29. The Morgan fingerprint density at radius 3 is 3.00 bits per heavy atom. The fourth-order valence-corrected chi connectivity index (χ4v) is 3.43. The molecule has 0 radical (unpaired) electrons. The SMILES string of the molecule is CCC1CCCC1(O)c1csc(C)c1. The van der Waals surface area contributed by atoms with E-state index in [2.05, 4.69) is 25.3 Å². The van der Waals surface area contributed by atoms with Gasteiger partial charge in [0.2, 0.25) is 0 Å². The van der Waals surface area contributed by atoms with Crippen molar-refractivity contribution in [2.24, 2.45) is 5.92 Å². The average molecular weight is 210 g/mol. The van der Waals surface area contributed by atoms with Gasteiger partial charge in [0, 0.05) is 4.88 Å². The van der Waals surface area contributed by atoms with Gasteiger partial charge in [0.25, 0.3) is 0 Å². The molecule has 2 atom stereocenters. The largest absolute Gasteiger partial charge is 0.385 e. The van der Waals surface area contributed by atoms with E-state index in [1.54, 1.807) is 11.3 Å². The van der Waals surface area contributed by atoms with Gasteiger partial charge < -0.3 is 5.11 Å². The van der Waals surface area contributed by atoms with Crippen molar-refractivity contribution in [1.82, 2.24) is 0 Å². The minimum absolute atomic E-state index is 0.469. The molecule has 1 N–H and O–H groups in total. The predicted molar refractivity (Wildman–Crippen MR) is 60.6 cm³/mol. The van der Waals surface area contributed by atoms with Gasteiger partial charge in [-0.25, -0.2) is 0 Å². The lowest BCUT2D eigenvalue weighted by Gasteiger charge is -2.28. The molecule has 1 heterocycles. The summed E-state index contributed by atoms with van der Waals surface area (Å²) >= 11 is 1.74. The molecule has 1 nitrogen and oxygen atoms in total. The van der Waals surface area contributed by atoms with E-state index in [-0.39, 0.29) is 0 Å². The van der Waals surface area contributed by atoms with Crippen LogP contribution in [0.15, 0.2) is 11.4 Å². The minimum atomic E-state index is -0.514. The number of aliphatic hydroxyl groups is 1. The molecule has 14 heavy (non-hydrogen) atoms. The van der Waals surface area contributed by atoms with Gasteiger partial charge >= 0.3 is 0 Å². The molecule has 1 aliphatic carbocycles. The number of thiophene rings is 1. The van der Waals surface area contributed by atoms with Crippen molar-refractivity contribution in [3.63, 3.8) is 0 Å². The van der Waals surface area contributed by atoms with Gasteiger partial charge in [-0.1, -0.05) is 13.3 Å². The maximum Gasteiger partial charge on any atom is 0.0932 e. The molecule has 0 aromatic carbocycles. The summed E-state index contributed by atoms with van der Waals surface area (Å²) in [6, 6.07) is 2.15. The summed E-state index contributed by atoms with van der Waals surface area (Å²) in [4.78, 5) is 1.30. The summed E-state index contributed by atoms with van der Waals surface area (Å²) in [5, 5.41) is 12.8. The molecule has 1 saturated carbocycles. The van der Waals surface area contributed by atoms with E-state index < -0.39 is 5.60 Å². The summed E-state index contributed by atoms with van der Waals surface area (Å²) in [5.74, 6) is 0.469. The second-order valence-electron chi connectivity index (χ2n) is 4.37. The van der Waals surface area contributed by atoms with Gasteiger partial charge in [-0.05, 0) is 49.1 Å². The van der Waals surface area contributed by atoms with Crippen molar-refractivity contribution < 1.29 is 5.11 Å². The first-order chi connectivity index (χ1) is 6.66. The smallest absolute Gasteiger partial charge is 0.0932 e. The standard InChI is InChI=1S/C12H18OS/c1-3-10-5-4-6-12(10,13)11-7-9(2)14-8-11/h7-8,10,13H,3-6H2,1-2H3. The molecule has 2 unspecified atom stereocenters. The maximum absolute atomic E-state index is 10.6. The third kappa shape index (κ3) is 1.51. The highest BCUT2D eigenvalue weighted by atomic mass is 32.1. The van der Waals surface area contributed by atoms with E-state index in [4.69, 9.17) is 0 Å². The van der Waals surface area contributed by atoms with Crippen molar-refractivity contribution in [3.05, 3.63) is 21.9 Å². The zero-order valence-corrected chi connectivity index (χ0v) is 9.73. The highest BCUT2D eigenvalue weighted by Gasteiger charge is 2.41. The molecular weight excluding hydrogens is 192 g/mol. The van der Waals surface area contributed by atoms with Crippen LogP contribution in [0.5, 0.6) is 0 Å². The molecule has 0 amide bonds. The Balaban J connectivity index is 2.31. The van der Waals surface area contributed by atoms with Crippen molar-refractivity contribution >= 4 is 11.3 Å². The maximum atomic E-state index is 10.6. The Morgan fingerprint density at radius 1 is 1.64 bits per heavy atom. The van der Waals surface area contributed by atoms with Crippen molar-refractivity contribution in [3.8, 4) is 0 Å².